The van der Waals surface area contributed by atoms with Gasteiger partial charge in [0.15, 0.2) is 0 Å². The van der Waals surface area contributed by atoms with E-state index in [-0.39, 0.29) is 0 Å². The molecule has 0 radical (unpaired) electrons. The summed E-state index contributed by atoms with van der Waals surface area (Å²) in [5.41, 5.74) is 0.870. The third kappa shape index (κ3) is 3.70. The molecule has 0 amide bonds. The van der Waals surface area contributed by atoms with E-state index in [0.29, 0.717) is 12.6 Å². The highest BCUT2D eigenvalue weighted by molar-refractivity contribution is 5.29. The van der Waals surface area contributed by atoms with Gasteiger partial charge in [-0.2, -0.15) is 0 Å². The van der Waals surface area contributed by atoms with Crippen molar-refractivity contribution in [3.05, 3.63) is 29.8 Å². The first kappa shape index (κ1) is 13.3. The van der Waals surface area contributed by atoms with Gasteiger partial charge in [0.2, 0.25) is 0 Å². The molecule has 2 unspecified atom stereocenters. The van der Waals surface area contributed by atoms with E-state index >= 15 is 0 Å². The molecule has 0 aromatic heterocycles. The molecular formula is C14H21NO3. The Kier molecular flexibility index (Phi) is 4.99. The third-order valence-electron chi connectivity index (χ3n) is 3.21. The van der Waals surface area contributed by atoms with E-state index in [1.807, 2.05) is 24.3 Å². The molecule has 1 fully saturated rings. The fraction of sp³-hybridized carbons (Fsp3) is 0.571. The lowest BCUT2D eigenvalue weighted by molar-refractivity contribution is 0.103. The summed E-state index contributed by atoms with van der Waals surface area (Å²) in [5, 5.41) is 13.3. The Morgan fingerprint density at radius 3 is 3.17 bits per heavy atom. The van der Waals surface area contributed by atoms with Crippen molar-refractivity contribution < 1.29 is 14.6 Å². The minimum absolute atomic E-state index is 0.308. The number of aliphatic hydroxyl groups is 1. The number of nitrogens with one attached hydrogen (secondary N) is 1. The summed E-state index contributed by atoms with van der Waals surface area (Å²) in [6, 6.07) is 7.52. The summed E-state index contributed by atoms with van der Waals surface area (Å²) in [5.74, 6) is 0.769. The van der Waals surface area contributed by atoms with E-state index in [0.717, 1.165) is 37.3 Å². The summed E-state index contributed by atoms with van der Waals surface area (Å²) < 4.78 is 10.7. The topological polar surface area (TPSA) is 50.7 Å². The average molecular weight is 251 g/mol. The van der Waals surface area contributed by atoms with Crippen molar-refractivity contribution in [2.75, 3.05) is 26.8 Å². The van der Waals surface area contributed by atoms with Crippen molar-refractivity contribution >= 4 is 0 Å². The Balaban J connectivity index is 1.77. The van der Waals surface area contributed by atoms with Gasteiger partial charge < -0.3 is 19.9 Å². The number of hydrogen-bond donors (Lipinski definition) is 2. The summed E-state index contributed by atoms with van der Waals surface area (Å²) in [7, 11) is 1.63. The zero-order valence-electron chi connectivity index (χ0n) is 10.8. The predicted molar refractivity (Wildman–Crippen MR) is 69.8 cm³/mol. The number of rotatable bonds is 6. The van der Waals surface area contributed by atoms with E-state index in [1.54, 1.807) is 7.11 Å². The molecule has 2 rings (SSSR count). The lowest BCUT2D eigenvalue weighted by atomic mass is 10.1. The molecule has 1 aliphatic heterocycles. The second-order valence-corrected chi connectivity index (χ2v) is 4.59. The number of aliphatic hydroxyl groups excluding tert-OH is 1. The van der Waals surface area contributed by atoms with Crippen molar-refractivity contribution in [1.29, 1.82) is 0 Å². The number of methoxy groups -OCH3 is 1. The Labute approximate surface area is 108 Å². The van der Waals surface area contributed by atoms with Crippen LogP contribution in [0.15, 0.2) is 24.3 Å². The van der Waals surface area contributed by atoms with Crippen LogP contribution >= 0.6 is 0 Å². The van der Waals surface area contributed by atoms with Crippen molar-refractivity contribution in [2.45, 2.75) is 25.0 Å². The van der Waals surface area contributed by atoms with E-state index < -0.39 is 6.10 Å². The summed E-state index contributed by atoms with van der Waals surface area (Å²) in [4.78, 5) is 0. The van der Waals surface area contributed by atoms with Crippen LogP contribution in [0, 0.1) is 0 Å². The smallest absolute Gasteiger partial charge is 0.119 e. The molecule has 0 aliphatic carbocycles. The molecule has 1 saturated heterocycles. The van der Waals surface area contributed by atoms with Crippen LogP contribution in [0.25, 0.3) is 0 Å². The van der Waals surface area contributed by atoms with Crippen LogP contribution < -0.4 is 10.1 Å². The number of ether oxygens (including phenoxy) is 2. The molecule has 0 saturated carbocycles. The summed E-state index contributed by atoms with van der Waals surface area (Å²) in [6.07, 6.45) is 2.05. The zero-order valence-corrected chi connectivity index (χ0v) is 10.8. The standard InChI is InChI=1S/C14H21NO3/c1-17-12-5-2-4-11(8-12)14(16)10-15-9-13-6-3-7-18-13/h2,4-5,8,13-16H,3,6-7,9-10H2,1H3. The van der Waals surface area contributed by atoms with Crippen LogP contribution in [0.3, 0.4) is 0 Å². The molecule has 2 N–H and O–H groups in total. The first-order valence-electron chi connectivity index (χ1n) is 6.44. The molecule has 1 heterocycles. The quantitative estimate of drug-likeness (QED) is 0.804. The molecule has 4 nitrogen and oxygen atoms in total. The lowest BCUT2D eigenvalue weighted by Gasteiger charge is -2.15. The molecule has 1 aliphatic rings. The van der Waals surface area contributed by atoms with Crippen molar-refractivity contribution in [3.8, 4) is 5.75 Å². The van der Waals surface area contributed by atoms with Crippen LogP contribution in [0.5, 0.6) is 5.75 Å². The van der Waals surface area contributed by atoms with E-state index in [2.05, 4.69) is 5.32 Å². The van der Waals surface area contributed by atoms with E-state index in [9.17, 15) is 5.11 Å². The Morgan fingerprint density at radius 1 is 1.56 bits per heavy atom. The first-order valence-corrected chi connectivity index (χ1v) is 6.44. The fourth-order valence-electron chi connectivity index (χ4n) is 2.15. The van der Waals surface area contributed by atoms with E-state index in [1.165, 1.54) is 0 Å². The van der Waals surface area contributed by atoms with Gasteiger partial charge in [-0.15, -0.1) is 0 Å². The zero-order chi connectivity index (χ0) is 12.8. The molecule has 4 heteroatoms. The van der Waals surface area contributed by atoms with Gasteiger partial charge in [-0.25, -0.2) is 0 Å². The highest BCUT2D eigenvalue weighted by Crippen LogP contribution is 2.18. The maximum absolute atomic E-state index is 10.1. The van der Waals surface area contributed by atoms with Crippen LogP contribution in [-0.4, -0.2) is 38.0 Å². The van der Waals surface area contributed by atoms with Crippen LogP contribution in [-0.2, 0) is 4.74 Å². The van der Waals surface area contributed by atoms with Gasteiger partial charge in [-0.3, -0.25) is 0 Å². The Morgan fingerprint density at radius 2 is 2.44 bits per heavy atom. The molecule has 100 valence electrons. The monoisotopic (exact) mass is 251 g/mol. The molecule has 18 heavy (non-hydrogen) atoms. The van der Waals surface area contributed by atoms with Crippen LogP contribution in [0.4, 0.5) is 0 Å². The van der Waals surface area contributed by atoms with Gasteiger partial charge in [-0.1, -0.05) is 12.1 Å². The Hall–Kier alpha value is -1.10. The van der Waals surface area contributed by atoms with Crippen molar-refractivity contribution in [2.24, 2.45) is 0 Å². The molecule has 2 atom stereocenters. The van der Waals surface area contributed by atoms with E-state index in [4.69, 9.17) is 9.47 Å². The molecule has 1 aromatic rings. The highest BCUT2D eigenvalue weighted by Gasteiger charge is 2.15. The second kappa shape index (κ2) is 6.73. The maximum Gasteiger partial charge on any atom is 0.119 e. The number of benzene rings is 1. The van der Waals surface area contributed by atoms with Crippen LogP contribution in [0.2, 0.25) is 0 Å². The van der Waals surface area contributed by atoms with Gasteiger partial charge in [0.25, 0.3) is 0 Å². The summed E-state index contributed by atoms with van der Waals surface area (Å²) in [6.45, 7) is 2.21. The predicted octanol–water partition coefficient (Wildman–Crippen LogP) is 1.50. The summed E-state index contributed by atoms with van der Waals surface area (Å²) >= 11 is 0. The minimum Gasteiger partial charge on any atom is -0.497 e. The maximum atomic E-state index is 10.1. The van der Waals surface area contributed by atoms with Gasteiger partial charge in [0.05, 0.1) is 19.3 Å². The molecule has 0 bridgehead atoms. The lowest BCUT2D eigenvalue weighted by Crippen LogP contribution is -2.29. The van der Waals surface area contributed by atoms with Crippen molar-refractivity contribution in [3.63, 3.8) is 0 Å². The van der Waals surface area contributed by atoms with Gasteiger partial charge in [-0.05, 0) is 30.5 Å². The molecule has 0 spiro atoms. The van der Waals surface area contributed by atoms with Gasteiger partial charge in [0, 0.05) is 19.7 Å². The fourth-order valence-corrected chi connectivity index (χ4v) is 2.15. The average Bonchev–Trinajstić information content (AvgIpc) is 2.92. The van der Waals surface area contributed by atoms with Gasteiger partial charge in [0.1, 0.15) is 5.75 Å². The molecular weight excluding hydrogens is 230 g/mol. The SMILES string of the molecule is COc1cccc(C(O)CNCC2CCCO2)c1. The van der Waals surface area contributed by atoms with Crippen molar-refractivity contribution in [1.82, 2.24) is 5.32 Å². The number of hydrogen-bond acceptors (Lipinski definition) is 4. The minimum atomic E-state index is -0.512. The Bertz CT molecular complexity index is 364. The second-order valence-electron chi connectivity index (χ2n) is 4.59. The highest BCUT2D eigenvalue weighted by atomic mass is 16.5. The molecule has 1 aromatic carbocycles. The third-order valence-corrected chi connectivity index (χ3v) is 3.21. The first-order chi connectivity index (χ1) is 8.79. The van der Waals surface area contributed by atoms with Crippen LogP contribution in [0.1, 0.15) is 24.5 Å². The van der Waals surface area contributed by atoms with Gasteiger partial charge >= 0.3 is 0 Å². The largest absolute Gasteiger partial charge is 0.497 e. The normalized spacial score (nSPS) is 20.9.